The van der Waals surface area contributed by atoms with Crippen molar-refractivity contribution < 1.29 is 14.5 Å². The Bertz CT molecular complexity index is 621. The van der Waals surface area contributed by atoms with E-state index in [1.807, 2.05) is 16.8 Å². The van der Waals surface area contributed by atoms with Gasteiger partial charge in [-0.1, -0.05) is 0 Å². The van der Waals surface area contributed by atoms with E-state index in [0.717, 1.165) is 30.2 Å². The van der Waals surface area contributed by atoms with Crippen molar-refractivity contribution in [2.45, 2.75) is 25.5 Å². The maximum atomic E-state index is 10.7. The molecule has 0 radical (unpaired) electrons. The maximum absolute atomic E-state index is 10.7. The maximum Gasteiger partial charge on any atom is 0.270 e. The van der Waals surface area contributed by atoms with Gasteiger partial charge in [0.2, 0.25) is 0 Å². The molecule has 0 saturated heterocycles. The van der Waals surface area contributed by atoms with Gasteiger partial charge in [0.1, 0.15) is 12.4 Å². The van der Waals surface area contributed by atoms with E-state index in [0.29, 0.717) is 6.42 Å². The zero-order chi connectivity index (χ0) is 14.5. The summed E-state index contributed by atoms with van der Waals surface area (Å²) in [7, 11) is 1.52. The van der Waals surface area contributed by atoms with Crippen molar-refractivity contribution in [3.63, 3.8) is 0 Å². The fraction of sp³-hybridized carbons (Fsp3) is 0.357. The van der Waals surface area contributed by atoms with Crippen molar-refractivity contribution in [3.05, 3.63) is 40.6 Å². The van der Waals surface area contributed by atoms with Crippen molar-refractivity contribution in [2.24, 2.45) is 0 Å². The lowest BCUT2D eigenvalue weighted by Crippen LogP contribution is -2.12. The predicted octanol–water partition coefficient (Wildman–Crippen LogP) is 2.54. The molecule has 0 aliphatic rings. The first kappa shape index (κ1) is 14.2. The molecule has 0 bridgehead atoms. The normalized spacial score (nSPS) is 12.4. The van der Waals surface area contributed by atoms with Crippen LogP contribution >= 0.6 is 0 Å². The second-order valence-corrected chi connectivity index (χ2v) is 4.56. The number of nitro benzene ring substituents is 1. The van der Waals surface area contributed by atoms with Gasteiger partial charge in [-0.2, -0.15) is 0 Å². The second kappa shape index (κ2) is 6.29. The van der Waals surface area contributed by atoms with Crippen LogP contribution in [0.3, 0.4) is 0 Å². The number of methoxy groups -OCH3 is 1. The van der Waals surface area contributed by atoms with Gasteiger partial charge in [-0.3, -0.25) is 10.1 Å². The van der Waals surface area contributed by atoms with Gasteiger partial charge >= 0.3 is 0 Å². The van der Waals surface area contributed by atoms with Crippen LogP contribution in [0.1, 0.15) is 12.8 Å². The Morgan fingerprint density at radius 1 is 1.45 bits per heavy atom. The number of aryl methyl sites for hydroxylation is 1. The Hall–Kier alpha value is -2.21. The summed E-state index contributed by atoms with van der Waals surface area (Å²) in [6, 6.07) is 6.67. The number of aldehydes is 1. The Labute approximate surface area is 116 Å². The number of carbonyl (C=O) groups excluding carboxylic acids is 1. The van der Waals surface area contributed by atoms with Crippen molar-refractivity contribution >= 4 is 22.9 Å². The summed E-state index contributed by atoms with van der Waals surface area (Å²) in [4.78, 5) is 21.0. The molecule has 1 heterocycles. The third-order valence-corrected chi connectivity index (χ3v) is 3.31. The van der Waals surface area contributed by atoms with E-state index in [1.165, 1.54) is 13.2 Å². The lowest BCUT2D eigenvalue weighted by molar-refractivity contribution is -0.384. The fourth-order valence-electron chi connectivity index (χ4n) is 2.20. The van der Waals surface area contributed by atoms with E-state index >= 15 is 0 Å². The first-order valence-corrected chi connectivity index (χ1v) is 6.37. The van der Waals surface area contributed by atoms with E-state index < -0.39 is 4.92 Å². The summed E-state index contributed by atoms with van der Waals surface area (Å²) in [6.07, 6.45) is 3.80. The largest absolute Gasteiger partial charge is 0.374 e. The molecule has 6 nitrogen and oxygen atoms in total. The van der Waals surface area contributed by atoms with Crippen LogP contribution < -0.4 is 0 Å². The van der Waals surface area contributed by atoms with E-state index in [1.54, 1.807) is 12.1 Å². The Morgan fingerprint density at radius 2 is 2.25 bits per heavy atom. The van der Waals surface area contributed by atoms with Crippen LogP contribution in [0.5, 0.6) is 0 Å². The highest BCUT2D eigenvalue weighted by molar-refractivity contribution is 5.82. The molecular formula is C14H16N2O4. The van der Waals surface area contributed by atoms with Crippen molar-refractivity contribution in [1.29, 1.82) is 0 Å². The third kappa shape index (κ3) is 3.03. The summed E-state index contributed by atoms with van der Waals surface area (Å²) in [5, 5.41) is 11.6. The average molecular weight is 276 g/mol. The van der Waals surface area contributed by atoms with Crippen LogP contribution in [0.2, 0.25) is 0 Å². The minimum Gasteiger partial charge on any atom is -0.374 e. The Kier molecular flexibility index (Phi) is 4.47. The Morgan fingerprint density at radius 3 is 2.90 bits per heavy atom. The molecule has 6 heteroatoms. The Balaban J connectivity index is 2.08. The quantitative estimate of drug-likeness (QED) is 0.442. The molecular weight excluding hydrogens is 260 g/mol. The molecule has 2 rings (SSSR count). The average Bonchev–Trinajstić information content (AvgIpc) is 2.86. The van der Waals surface area contributed by atoms with Gasteiger partial charge in [-0.15, -0.1) is 0 Å². The number of rotatable bonds is 7. The van der Waals surface area contributed by atoms with Crippen LogP contribution in [0.4, 0.5) is 5.69 Å². The van der Waals surface area contributed by atoms with Gasteiger partial charge in [-0.25, -0.2) is 0 Å². The van der Waals surface area contributed by atoms with Crippen molar-refractivity contribution in [3.8, 4) is 0 Å². The number of non-ortho nitro benzene ring substituents is 1. The van der Waals surface area contributed by atoms with E-state index in [-0.39, 0.29) is 11.8 Å². The van der Waals surface area contributed by atoms with E-state index in [4.69, 9.17) is 4.74 Å². The standard InChI is InChI=1S/C14H16N2O4/c1-20-13(10-17)3-2-7-15-8-6-11-9-12(16(18)19)4-5-14(11)15/h4-6,8-10,13H,2-3,7H2,1H3. The SMILES string of the molecule is COC(C=O)CCCn1ccc2cc([N+](=O)[O-])ccc21. The van der Waals surface area contributed by atoms with Gasteiger partial charge in [0.05, 0.1) is 4.92 Å². The first-order valence-electron chi connectivity index (χ1n) is 6.37. The number of ether oxygens (including phenoxy) is 1. The summed E-state index contributed by atoms with van der Waals surface area (Å²) in [5.74, 6) is 0. The number of hydrogen-bond acceptors (Lipinski definition) is 4. The number of fused-ring (bicyclic) bond motifs is 1. The monoisotopic (exact) mass is 276 g/mol. The van der Waals surface area contributed by atoms with E-state index in [2.05, 4.69) is 0 Å². The number of benzene rings is 1. The van der Waals surface area contributed by atoms with Crippen molar-refractivity contribution in [2.75, 3.05) is 7.11 Å². The number of carbonyl (C=O) groups is 1. The molecule has 2 aromatic rings. The third-order valence-electron chi connectivity index (χ3n) is 3.31. The number of aromatic nitrogens is 1. The molecule has 0 amide bonds. The lowest BCUT2D eigenvalue weighted by atomic mass is 10.2. The molecule has 106 valence electrons. The molecule has 0 spiro atoms. The molecule has 1 aromatic heterocycles. The zero-order valence-corrected chi connectivity index (χ0v) is 11.2. The highest BCUT2D eigenvalue weighted by atomic mass is 16.6. The molecule has 0 aliphatic heterocycles. The van der Waals surface area contributed by atoms with Gasteiger partial charge in [-0.05, 0) is 25.0 Å². The minimum atomic E-state index is -0.399. The second-order valence-electron chi connectivity index (χ2n) is 4.56. The smallest absolute Gasteiger partial charge is 0.270 e. The summed E-state index contributed by atoms with van der Waals surface area (Å²) >= 11 is 0. The molecule has 0 N–H and O–H groups in total. The van der Waals surface area contributed by atoms with Crippen LogP contribution in [0.15, 0.2) is 30.5 Å². The van der Waals surface area contributed by atoms with Crippen molar-refractivity contribution in [1.82, 2.24) is 4.57 Å². The van der Waals surface area contributed by atoms with Crippen LogP contribution in [-0.2, 0) is 16.1 Å². The van der Waals surface area contributed by atoms with E-state index in [9.17, 15) is 14.9 Å². The molecule has 20 heavy (non-hydrogen) atoms. The lowest BCUT2D eigenvalue weighted by Gasteiger charge is -2.09. The number of nitrogens with zero attached hydrogens (tertiary/aromatic N) is 2. The zero-order valence-electron chi connectivity index (χ0n) is 11.2. The molecule has 1 aromatic carbocycles. The molecule has 0 saturated carbocycles. The molecule has 0 aliphatic carbocycles. The van der Waals surface area contributed by atoms with Crippen LogP contribution in [-0.4, -0.2) is 29.0 Å². The summed E-state index contributed by atoms with van der Waals surface area (Å²) < 4.78 is 7.02. The fourth-order valence-corrected chi connectivity index (χ4v) is 2.20. The molecule has 0 fully saturated rings. The van der Waals surface area contributed by atoms with Gasteiger partial charge < -0.3 is 14.1 Å². The van der Waals surface area contributed by atoms with Gasteiger partial charge in [0.15, 0.2) is 0 Å². The topological polar surface area (TPSA) is 74.4 Å². The minimum absolute atomic E-state index is 0.0932. The van der Waals surface area contributed by atoms with Gasteiger partial charge in [0, 0.05) is 42.9 Å². The summed E-state index contributed by atoms with van der Waals surface area (Å²) in [5.41, 5.74) is 1.05. The van der Waals surface area contributed by atoms with Crippen LogP contribution in [0.25, 0.3) is 10.9 Å². The first-order chi connectivity index (χ1) is 9.65. The number of hydrogen-bond donors (Lipinski definition) is 0. The predicted molar refractivity (Wildman–Crippen MR) is 74.7 cm³/mol. The van der Waals surface area contributed by atoms with Crippen LogP contribution in [0, 0.1) is 10.1 Å². The number of nitro groups is 1. The highest BCUT2D eigenvalue weighted by Crippen LogP contribution is 2.22. The molecule has 1 unspecified atom stereocenters. The highest BCUT2D eigenvalue weighted by Gasteiger charge is 2.09. The summed E-state index contributed by atoms with van der Waals surface area (Å²) in [6.45, 7) is 0.745. The molecule has 1 atom stereocenters. The van der Waals surface area contributed by atoms with Gasteiger partial charge in [0.25, 0.3) is 5.69 Å².